The Morgan fingerprint density at radius 1 is 0.919 bits per heavy atom. The molecule has 0 aliphatic carbocycles. The van der Waals surface area contributed by atoms with Crippen molar-refractivity contribution in [1.29, 1.82) is 0 Å². The van der Waals surface area contributed by atoms with E-state index in [4.69, 9.17) is 14.5 Å². The summed E-state index contributed by atoms with van der Waals surface area (Å²) in [4.78, 5) is 38.8. The van der Waals surface area contributed by atoms with Gasteiger partial charge in [-0.15, -0.1) is 11.8 Å². The molecule has 0 bridgehead atoms. The Balaban J connectivity index is 1.21. The highest BCUT2D eigenvalue weighted by atomic mass is 32.2. The molecule has 2 aliphatic heterocycles. The standard InChI is InChI=1S/C26H28N6O4S/c1-37-22-16-27-24(30-25(22)31-10-13-35-14-11-31)18-2-4-19(5-3-18)28-26(34)29-20-6-8-21(9-7-20)32-12-15-36-17-23(32)33/h2-9,16H,10-15,17H2,1H3,(H2,28,29,34). The Bertz CT molecular complexity index is 1250. The Labute approximate surface area is 219 Å². The lowest BCUT2D eigenvalue weighted by Gasteiger charge is -2.29. The van der Waals surface area contributed by atoms with E-state index in [1.165, 1.54) is 0 Å². The van der Waals surface area contributed by atoms with Gasteiger partial charge < -0.3 is 29.9 Å². The van der Waals surface area contributed by atoms with Crippen LogP contribution in [0.5, 0.6) is 0 Å². The van der Waals surface area contributed by atoms with E-state index in [0.717, 1.165) is 35.1 Å². The van der Waals surface area contributed by atoms with Crippen molar-refractivity contribution in [2.24, 2.45) is 0 Å². The molecule has 11 heteroatoms. The highest BCUT2D eigenvalue weighted by Gasteiger charge is 2.20. The van der Waals surface area contributed by atoms with E-state index in [0.29, 0.717) is 43.6 Å². The number of aromatic nitrogens is 2. The molecule has 2 aliphatic rings. The van der Waals surface area contributed by atoms with Crippen molar-refractivity contribution in [2.45, 2.75) is 4.90 Å². The summed E-state index contributed by atoms with van der Waals surface area (Å²) in [5.41, 5.74) is 2.91. The third-order valence-electron chi connectivity index (χ3n) is 6.09. The Hall–Kier alpha value is -3.67. The second-order valence-electron chi connectivity index (χ2n) is 8.49. The molecule has 0 radical (unpaired) electrons. The van der Waals surface area contributed by atoms with E-state index in [1.54, 1.807) is 40.9 Å². The molecule has 0 atom stereocenters. The van der Waals surface area contributed by atoms with Crippen LogP contribution in [-0.4, -0.2) is 74.2 Å². The van der Waals surface area contributed by atoms with Gasteiger partial charge in [-0.3, -0.25) is 4.79 Å². The molecule has 2 saturated heterocycles. The van der Waals surface area contributed by atoms with E-state index in [9.17, 15) is 9.59 Å². The number of thioether (sulfide) groups is 1. The molecule has 2 aromatic carbocycles. The zero-order valence-corrected chi connectivity index (χ0v) is 21.3. The Morgan fingerprint density at radius 2 is 1.57 bits per heavy atom. The summed E-state index contributed by atoms with van der Waals surface area (Å²) < 4.78 is 10.6. The third-order valence-corrected chi connectivity index (χ3v) is 6.82. The molecule has 0 unspecified atom stereocenters. The van der Waals surface area contributed by atoms with Gasteiger partial charge >= 0.3 is 6.03 Å². The summed E-state index contributed by atoms with van der Waals surface area (Å²) in [5, 5.41) is 5.65. The molecule has 2 fully saturated rings. The van der Waals surface area contributed by atoms with Crippen LogP contribution in [0.3, 0.4) is 0 Å². The van der Waals surface area contributed by atoms with E-state index in [-0.39, 0.29) is 18.5 Å². The number of carbonyl (C=O) groups excluding carboxylic acids is 2. The Kier molecular flexibility index (Phi) is 7.83. The van der Waals surface area contributed by atoms with Crippen LogP contribution in [0, 0.1) is 0 Å². The van der Waals surface area contributed by atoms with Crippen molar-refractivity contribution < 1.29 is 19.1 Å². The first-order chi connectivity index (χ1) is 18.1. The zero-order chi connectivity index (χ0) is 25.6. The summed E-state index contributed by atoms with van der Waals surface area (Å²) in [6.07, 6.45) is 3.88. The largest absolute Gasteiger partial charge is 0.378 e. The number of morpholine rings is 2. The maximum Gasteiger partial charge on any atom is 0.323 e. The maximum atomic E-state index is 12.5. The normalized spacial score (nSPS) is 16.0. The van der Waals surface area contributed by atoms with Gasteiger partial charge in [0.1, 0.15) is 12.4 Å². The molecule has 2 N–H and O–H groups in total. The number of urea groups is 1. The minimum absolute atomic E-state index is 0.0731. The number of hydrogen-bond donors (Lipinski definition) is 2. The third kappa shape index (κ3) is 6.01. The van der Waals surface area contributed by atoms with Crippen LogP contribution in [0.15, 0.2) is 59.6 Å². The van der Waals surface area contributed by atoms with E-state index >= 15 is 0 Å². The number of carbonyl (C=O) groups is 2. The first-order valence-electron chi connectivity index (χ1n) is 12.0. The molecule has 192 valence electrons. The molecule has 3 amide bonds. The second-order valence-corrected chi connectivity index (χ2v) is 9.33. The van der Waals surface area contributed by atoms with Crippen LogP contribution in [0.2, 0.25) is 0 Å². The predicted molar refractivity (Wildman–Crippen MR) is 145 cm³/mol. The predicted octanol–water partition coefficient (Wildman–Crippen LogP) is 3.71. The summed E-state index contributed by atoms with van der Waals surface area (Å²) >= 11 is 1.63. The van der Waals surface area contributed by atoms with Gasteiger partial charge in [0.05, 0.1) is 24.7 Å². The van der Waals surface area contributed by atoms with Crippen molar-refractivity contribution in [2.75, 3.05) is 72.8 Å². The molecule has 10 nitrogen and oxygen atoms in total. The summed E-state index contributed by atoms with van der Waals surface area (Å²) in [6.45, 7) is 4.10. The molecular weight excluding hydrogens is 492 g/mol. The number of nitrogens with one attached hydrogen (secondary N) is 2. The lowest BCUT2D eigenvalue weighted by molar-refractivity contribution is -0.125. The number of benzene rings is 2. The highest BCUT2D eigenvalue weighted by Crippen LogP contribution is 2.29. The van der Waals surface area contributed by atoms with Crippen molar-refractivity contribution >= 4 is 46.6 Å². The molecular formula is C26H28N6O4S. The lowest BCUT2D eigenvalue weighted by Crippen LogP contribution is -2.41. The van der Waals surface area contributed by atoms with E-state index in [2.05, 4.69) is 20.5 Å². The van der Waals surface area contributed by atoms with E-state index in [1.807, 2.05) is 36.7 Å². The van der Waals surface area contributed by atoms with Crippen molar-refractivity contribution in [3.63, 3.8) is 0 Å². The van der Waals surface area contributed by atoms with Gasteiger partial charge in [-0.1, -0.05) is 0 Å². The SMILES string of the molecule is CSc1cnc(-c2ccc(NC(=O)Nc3ccc(N4CCOCC4=O)cc3)cc2)nc1N1CCOCC1. The van der Waals surface area contributed by atoms with Crippen LogP contribution in [0.1, 0.15) is 0 Å². The fourth-order valence-corrected chi connectivity index (χ4v) is 4.67. The number of anilines is 4. The highest BCUT2D eigenvalue weighted by molar-refractivity contribution is 7.98. The first-order valence-corrected chi connectivity index (χ1v) is 13.2. The molecule has 0 saturated carbocycles. The van der Waals surface area contributed by atoms with Gasteiger partial charge in [0, 0.05) is 48.5 Å². The van der Waals surface area contributed by atoms with Crippen molar-refractivity contribution in [1.82, 2.24) is 9.97 Å². The van der Waals surface area contributed by atoms with Crippen LogP contribution < -0.4 is 20.4 Å². The molecule has 0 spiro atoms. The minimum atomic E-state index is -0.363. The van der Waals surface area contributed by atoms with Crippen molar-refractivity contribution in [3.05, 3.63) is 54.7 Å². The second kappa shape index (κ2) is 11.6. The smallest absolute Gasteiger partial charge is 0.323 e. The molecule has 3 aromatic rings. The van der Waals surface area contributed by atoms with Gasteiger partial charge in [0.15, 0.2) is 5.82 Å². The van der Waals surface area contributed by atoms with Gasteiger partial charge in [-0.2, -0.15) is 0 Å². The van der Waals surface area contributed by atoms with Gasteiger partial charge in [-0.05, 0) is 54.8 Å². The summed E-state index contributed by atoms with van der Waals surface area (Å²) in [6, 6.07) is 14.2. The fourth-order valence-electron chi connectivity index (χ4n) is 4.16. The zero-order valence-electron chi connectivity index (χ0n) is 20.5. The topological polar surface area (TPSA) is 109 Å². The van der Waals surface area contributed by atoms with Crippen LogP contribution in [0.4, 0.5) is 27.7 Å². The molecule has 37 heavy (non-hydrogen) atoms. The van der Waals surface area contributed by atoms with Gasteiger partial charge in [-0.25, -0.2) is 14.8 Å². The van der Waals surface area contributed by atoms with Gasteiger partial charge in [0.2, 0.25) is 0 Å². The van der Waals surface area contributed by atoms with Crippen molar-refractivity contribution in [3.8, 4) is 11.4 Å². The lowest BCUT2D eigenvalue weighted by atomic mass is 10.2. The average molecular weight is 521 g/mol. The molecule has 5 rings (SSSR count). The number of ether oxygens (including phenoxy) is 2. The quantitative estimate of drug-likeness (QED) is 0.474. The minimum Gasteiger partial charge on any atom is -0.378 e. The number of rotatable bonds is 6. The fraction of sp³-hybridized carbons (Fsp3) is 0.308. The van der Waals surface area contributed by atoms with Crippen LogP contribution >= 0.6 is 11.8 Å². The summed E-state index contributed by atoms with van der Waals surface area (Å²) in [7, 11) is 0. The number of amides is 3. The monoisotopic (exact) mass is 520 g/mol. The Morgan fingerprint density at radius 3 is 2.22 bits per heavy atom. The maximum absolute atomic E-state index is 12.5. The average Bonchev–Trinajstić information content (AvgIpc) is 2.94. The van der Waals surface area contributed by atoms with Gasteiger partial charge in [0.25, 0.3) is 5.91 Å². The molecule has 1 aromatic heterocycles. The van der Waals surface area contributed by atoms with Crippen LogP contribution in [0.25, 0.3) is 11.4 Å². The first kappa shape index (κ1) is 25.0. The molecule has 3 heterocycles. The number of hydrogen-bond acceptors (Lipinski definition) is 8. The van der Waals surface area contributed by atoms with E-state index < -0.39 is 0 Å². The number of nitrogens with zero attached hydrogens (tertiary/aromatic N) is 4. The van der Waals surface area contributed by atoms with Crippen LogP contribution in [-0.2, 0) is 14.3 Å². The summed E-state index contributed by atoms with van der Waals surface area (Å²) in [5.74, 6) is 1.48.